The zero-order valence-electron chi connectivity index (χ0n) is 11.4. The van der Waals surface area contributed by atoms with Crippen LogP contribution in [0.2, 0.25) is 0 Å². The van der Waals surface area contributed by atoms with Gasteiger partial charge in [0.05, 0.1) is 23.1 Å². The van der Waals surface area contributed by atoms with Crippen molar-refractivity contribution in [2.24, 2.45) is 5.73 Å². The molecule has 0 spiro atoms. The summed E-state index contributed by atoms with van der Waals surface area (Å²) in [5, 5.41) is 3.05. The van der Waals surface area contributed by atoms with Crippen LogP contribution in [0.15, 0.2) is 30.5 Å². The smallest absolute Gasteiger partial charge is 0.381 e. The maximum Gasteiger partial charge on any atom is 0.416 e. The van der Waals surface area contributed by atoms with Crippen LogP contribution in [0.25, 0.3) is 11.4 Å². The van der Waals surface area contributed by atoms with Crippen LogP contribution in [0.5, 0.6) is 0 Å². The maximum atomic E-state index is 12.7. The van der Waals surface area contributed by atoms with Crippen LogP contribution in [-0.2, 0) is 6.18 Å². The largest absolute Gasteiger partial charge is 0.416 e. The summed E-state index contributed by atoms with van der Waals surface area (Å²) in [7, 11) is 0. The van der Waals surface area contributed by atoms with E-state index in [-0.39, 0.29) is 5.82 Å². The third-order valence-corrected chi connectivity index (χ3v) is 2.89. The van der Waals surface area contributed by atoms with Crippen LogP contribution in [0.4, 0.5) is 18.9 Å². The predicted octanol–water partition coefficient (Wildman–Crippen LogP) is 2.84. The monoisotopic (exact) mass is 296 g/mol. The topological polar surface area (TPSA) is 63.8 Å². The molecule has 1 heterocycles. The van der Waals surface area contributed by atoms with E-state index >= 15 is 0 Å². The lowest BCUT2D eigenvalue weighted by atomic mass is 10.1. The molecule has 2 rings (SSSR count). The third kappa shape index (κ3) is 3.69. The Kier molecular flexibility index (Phi) is 4.42. The molecule has 0 aliphatic rings. The van der Waals surface area contributed by atoms with Crippen molar-refractivity contribution < 1.29 is 13.2 Å². The summed E-state index contributed by atoms with van der Waals surface area (Å²) in [5.41, 5.74) is 6.39. The van der Waals surface area contributed by atoms with Crippen molar-refractivity contribution in [3.63, 3.8) is 0 Å². The second-order valence-electron chi connectivity index (χ2n) is 4.49. The highest BCUT2D eigenvalue weighted by Gasteiger charge is 2.30. The van der Waals surface area contributed by atoms with Gasteiger partial charge in [-0.3, -0.25) is 0 Å². The minimum absolute atomic E-state index is 0.261. The third-order valence-electron chi connectivity index (χ3n) is 2.89. The normalized spacial score (nSPS) is 11.5. The first-order valence-electron chi connectivity index (χ1n) is 6.37. The number of anilines is 1. The predicted molar refractivity (Wildman–Crippen MR) is 74.8 cm³/mol. The molecule has 3 N–H and O–H groups in total. The Morgan fingerprint density at radius 2 is 2.05 bits per heavy atom. The van der Waals surface area contributed by atoms with E-state index in [1.165, 1.54) is 6.07 Å². The number of nitrogens with two attached hydrogens (primary N) is 1. The quantitative estimate of drug-likeness (QED) is 0.910. The lowest BCUT2D eigenvalue weighted by Gasteiger charge is -2.10. The Morgan fingerprint density at radius 3 is 2.67 bits per heavy atom. The van der Waals surface area contributed by atoms with Gasteiger partial charge in [-0.2, -0.15) is 13.2 Å². The zero-order chi connectivity index (χ0) is 15.5. The van der Waals surface area contributed by atoms with Crippen LogP contribution >= 0.6 is 0 Å². The summed E-state index contributed by atoms with van der Waals surface area (Å²) < 4.78 is 38.1. The summed E-state index contributed by atoms with van der Waals surface area (Å²) in [6.45, 7) is 2.81. The molecule has 0 aliphatic heterocycles. The Morgan fingerprint density at radius 1 is 1.29 bits per heavy atom. The van der Waals surface area contributed by atoms with Crippen molar-refractivity contribution in [1.29, 1.82) is 0 Å². The summed E-state index contributed by atoms with van der Waals surface area (Å²) in [6, 6.07) is 4.96. The van der Waals surface area contributed by atoms with Gasteiger partial charge in [-0.25, -0.2) is 9.97 Å². The molecule has 4 nitrogen and oxygen atoms in total. The number of halogens is 3. The minimum atomic E-state index is -4.38. The maximum absolute atomic E-state index is 12.7. The van der Waals surface area contributed by atoms with Crippen LogP contribution in [0, 0.1) is 6.92 Å². The highest BCUT2D eigenvalue weighted by molar-refractivity contribution is 5.59. The van der Waals surface area contributed by atoms with Gasteiger partial charge in [0.2, 0.25) is 0 Å². The summed E-state index contributed by atoms with van der Waals surface area (Å²) >= 11 is 0. The van der Waals surface area contributed by atoms with E-state index in [4.69, 9.17) is 5.73 Å². The number of nitrogens with zero attached hydrogens (tertiary/aromatic N) is 2. The van der Waals surface area contributed by atoms with Crippen LogP contribution < -0.4 is 11.1 Å². The molecule has 0 fully saturated rings. The number of alkyl halides is 3. The van der Waals surface area contributed by atoms with E-state index in [1.54, 1.807) is 19.2 Å². The molecular weight excluding hydrogens is 281 g/mol. The fourth-order valence-electron chi connectivity index (χ4n) is 1.82. The van der Waals surface area contributed by atoms with Gasteiger partial charge < -0.3 is 11.1 Å². The first-order chi connectivity index (χ1) is 9.91. The molecule has 0 radical (unpaired) electrons. The highest BCUT2D eigenvalue weighted by atomic mass is 19.4. The van der Waals surface area contributed by atoms with Gasteiger partial charge in [0.15, 0.2) is 5.82 Å². The van der Waals surface area contributed by atoms with E-state index in [1.807, 2.05) is 0 Å². The molecule has 0 unspecified atom stereocenters. The Labute approximate surface area is 120 Å². The molecule has 0 saturated heterocycles. The van der Waals surface area contributed by atoms with E-state index in [0.717, 1.165) is 17.8 Å². The molecule has 112 valence electrons. The van der Waals surface area contributed by atoms with Crippen molar-refractivity contribution >= 4 is 5.69 Å². The first-order valence-corrected chi connectivity index (χ1v) is 6.37. The number of hydrogen-bond acceptors (Lipinski definition) is 4. The lowest BCUT2D eigenvalue weighted by molar-refractivity contribution is -0.137. The molecule has 0 bridgehead atoms. The summed E-state index contributed by atoms with van der Waals surface area (Å²) in [4.78, 5) is 8.34. The SMILES string of the molecule is Cc1nc(-c2cccc(C(F)(F)F)c2)ncc1NCCN. The number of rotatable bonds is 4. The second kappa shape index (κ2) is 6.09. The van der Waals surface area contributed by atoms with Gasteiger partial charge in [-0.05, 0) is 19.1 Å². The van der Waals surface area contributed by atoms with Gasteiger partial charge in [-0.1, -0.05) is 12.1 Å². The second-order valence-corrected chi connectivity index (χ2v) is 4.49. The average molecular weight is 296 g/mol. The fourth-order valence-corrected chi connectivity index (χ4v) is 1.82. The molecule has 0 amide bonds. The van der Waals surface area contributed by atoms with Gasteiger partial charge in [0.25, 0.3) is 0 Å². The van der Waals surface area contributed by atoms with Gasteiger partial charge >= 0.3 is 6.18 Å². The number of benzene rings is 1. The molecule has 7 heteroatoms. The number of aromatic nitrogens is 2. The minimum Gasteiger partial charge on any atom is -0.381 e. The van der Waals surface area contributed by atoms with Crippen LogP contribution in [-0.4, -0.2) is 23.1 Å². The molecule has 1 aromatic heterocycles. The van der Waals surface area contributed by atoms with E-state index in [0.29, 0.717) is 24.3 Å². The molecule has 1 aromatic carbocycles. The van der Waals surface area contributed by atoms with Crippen molar-refractivity contribution in [3.8, 4) is 11.4 Å². The average Bonchev–Trinajstić information content (AvgIpc) is 2.45. The number of nitrogens with one attached hydrogen (secondary N) is 1. The van der Waals surface area contributed by atoms with Gasteiger partial charge in [0, 0.05) is 18.7 Å². The molecular formula is C14H15F3N4. The molecule has 21 heavy (non-hydrogen) atoms. The van der Waals surface area contributed by atoms with E-state index < -0.39 is 11.7 Å². The van der Waals surface area contributed by atoms with E-state index in [9.17, 15) is 13.2 Å². The standard InChI is InChI=1S/C14H15F3N4/c1-9-12(19-6-5-18)8-20-13(21-9)10-3-2-4-11(7-10)14(15,16)17/h2-4,7-8,19H,5-6,18H2,1H3. The van der Waals surface area contributed by atoms with E-state index in [2.05, 4.69) is 15.3 Å². The van der Waals surface area contributed by atoms with Crippen molar-refractivity contribution in [1.82, 2.24) is 9.97 Å². The molecule has 0 aliphatic carbocycles. The fraction of sp³-hybridized carbons (Fsp3) is 0.286. The zero-order valence-corrected chi connectivity index (χ0v) is 11.4. The van der Waals surface area contributed by atoms with Crippen LogP contribution in [0.1, 0.15) is 11.3 Å². The first kappa shape index (κ1) is 15.2. The molecule has 0 saturated carbocycles. The Bertz CT molecular complexity index is 626. The number of hydrogen-bond donors (Lipinski definition) is 2. The Hall–Kier alpha value is -2.15. The van der Waals surface area contributed by atoms with Crippen molar-refractivity contribution in [2.45, 2.75) is 13.1 Å². The molecule has 0 atom stereocenters. The Balaban J connectivity index is 2.32. The highest BCUT2D eigenvalue weighted by Crippen LogP contribution is 2.31. The van der Waals surface area contributed by atoms with Crippen molar-refractivity contribution in [3.05, 3.63) is 41.7 Å². The number of aryl methyl sites for hydroxylation is 1. The van der Waals surface area contributed by atoms with Gasteiger partial charge in [-0.15, -0.1) is 0 Å². The summed E-state index contributed by atoms with van der Waals surface area (Å²) in [5.74, 6) is 0.261. The molecule has 2 aromatic rings. The lowest BCUT2D eigenvalue weighted by Crippen LogP contribution is -2.14. The van der Waals surface area contributed by atoms with Gasteiger partial charge in [0.1, 0.15) is 0 Å². The van der Waals surface area contributed by atoms with Crippen molar-refractivity contribution in [2.75, 3.05) is 18.4 Å². The van der Waals surface area contributed by atoms with Crippen LogP contribution in [0.3, 0.4) is 0 Å². The summed E-state index contributed by atoms with van der Waals surface area (Å²) in [6.07, 6.45) is -2.83.